The minimum Gasteiger partial charge on any atom is -0.381 e. The molecule has 23 heavy (non-hydrogen) atoms. The van der Waals surface area contributed by atoms with Crippen LogP contribution in [-0.4, -0.2) is 43.0 Å². The number of carbonyl (C=O) groups excluding carboxylic acids is 2. The predicted molar refractivity (Wildman–Crippen MR) is 86.8 cm³/mol. The van der Waals surface area contributed by atoms with Crippen molar-refractivity contribution in [1.29, 1.82) is 0 Å². The zero-order valence-electron chi connectivity index (χ0n) is 13.6. The molecule has 5 nitrogen and oxygen atoms in total. The van der Waals surface area contributed by atoms with E-state index in [-0.39, 0.29) is 6.04 Å². The third-order valence-electron chi connectivity index (χ3n) is 4.75. The number of nitrogens with zero attached hydrogens (tertiary/aromatic N) is 1. The van der Waals surface area contributed by atoms with Crippen LogP contribution in [0.25, 0.3) is 0 Å². The molecule has 0 saturated carbocycles. The second-order valence-corrected chi connectivity index (χ2v) is 6.51. The molecule has 2 aliphatic heterocycles. The lowest BCUT2D eigenvalue weighted by atomic mass is 10.0. The Bertz CT molecular complexity index is 564. The maximum absolute atomic E-state index is 12.5. The van der Waals surface area contributed by atoms with Gasteiger partial charge in [0.05, 0.1) is 12.6 Å². The van der Waals surface area contributed by atoms with E-state index < -0.39 is 11.8 Å². The van der Waals surface area contributed by atoms with Crippen molar-refractivity contribution in [3.8, 4) is 0 Å². The van der Waals surface area contributed by atoms with Crippen LogP contribution < -0.4 is 5.32 Å². The van der Waals surface area contributed by atoms with Crippen LogP contribution in [0.15, 0.2) is 24.3 Å². The molecule has 2 saturated heterocycles. The molecule has 3 rings (SSSR count). The molecule has 2 heterocycles. The molecule has 1 aromatic rings. The summed E-state index contributed by atoms with van der Waals surface area (Å²) in [4.78, 5) is 26.4. The molecule has 0 aliphatic carbocycles. The van der Waals surface area contributed by atoms with E-state index in [0.717, 1.165) is 31.4 Å². The SMILES string of the molecule is Cc1ccc(C2CCCN2C(=O)C(=O)NCC2CCOC2)cc1. The third-order valence-corrected chi connectivity index (χ3v) is 4.75. The lowest BCUT2D eigenvalue weighted by Gasteiger charge is -2.24. The van der Waals surface area contributed by atoms with Crippen LogP contribution in [0.2, 0.25) is 0 Å². The van der Waals surface area contributed by atoms with Crippen molar-refractivity contribution in [3.63, 3.8) is 0 Å². The van der Waals surface area contributed by atoms with Gasteiger partial charge in [-0.2, -0.15) is 0 Å². The Morgan fingerprint density at radius 2 is 2.04 bits per heavy atom. The lowest BCUT2D eigenvalue weighted by molar-refractivity contribution is -0.146. The van der Waals surface area contributed by atoms with Crippen LogP contribution in [0.3, 0.4) is 0 Å². The van der Waals surface area contributed by atoms with Gasteiger partial charge in [-0.15, -0.1) is 0 Å². The van der Waals surface area contributed by atoms with E-state index in [9.17, 15) is 9.59 Å². The lowest BCUT2D eigenvalue weighted by Crippen LogP contribution is -2.44. The number of hydrogen-bond acceptors (Lipinski definition) is 3. The maximum Gasteiger partial charge on any atom is 0.312 e. The number of hydrogen-bond donors (Lipinski definition) is 1. The largest absolute Gasteiger partial charge is 0.381 e. The molecule has 2 fully saturated rings. The first-order valence-electron chi connectivity index (χ1n) is 8.38. The highest BCUT2D eigenvalue weighted by Crippen LogP contribution is 2.32. The quantitative estimate of drug-likeness (QED) is 0.865. The summed E-state index contributed by atoms with van der Waals surface area (Å²) in [6.45, 7) is 4.63. The molecule has 2 amide bonds. The molecule has 0 bridgehead atoms. The summed E-state index contributed by atoms with van der Waals surface area (Å²) >= 11 is 0. The van der Waals surface area contributed by atoms with Gasteiger partial charge in [-0.3, -0.25) is 9.59 Å². The van der Waals surface area contributed by atoms with Crippen molar-refractivity contribution in [2.24, 2.45) is 5.92 Å². The normalized spacial score (nSPS) is 24.0. The van der Waals surface area contributed by atoms with Crippen LogP contribution in [-0.2, 0) is 14.3 Å². The molecule has 2 atom stereocenters. The Morgan fingerprint density at radius 3 is 2.74 bits per heavy atom. The van der Waals surface area contributed by atoms with Crippen LogP contribution in [0.4, 0.5) is 0 Å². The van der Waals surface area contributed by atoms with Gasteiger partial charge < -0.3 is 15.0 Å². The van der Waals surface area contributed by atoms with Crippen LogP contribution in [0.1, 0.15) is 36.4 Å². The molecule has 0 radical (unpaired) electrons. The number of rotatable bonds is 3. The number of ether oxygens (including phenoxy) is 1. The number of benzene rings is 1. The van der Waals surface area contributed by atoms with E-state index in [1.165, 1.54) is 5.56 Å². The average molecular weight is 316 g/mol. The van der Waals surface area contributed by atoms with Crippen molar-refractivity contribution in [2.45, 2.75) is 32.2 Å². The molecule has 0 spiro atoms. The van der Waals surface area contributed by atoms with E-state index in [1.54, 1.807) is 4.90 Å². The van der Waals surface area contributed by atoms with Crippen molar-refractivity contribution in [3.05, 3.63) is 35.4 Å². The van der Waals surface area contributed by atoms with Crippen LogP contribution in [0, 0.1) is 12.8 Å². The van der Waals surface area contributed by atoms with E-state index in [1.807, 2.05) is 6.92 Å². The first-order chi connectivity index (χ1) is 11.1. The van der Waals surface area contributed by atoms with Crippen molar-refractivity contribution in [2.75, 3.05) is 26.3 Å². The van der Waals surface area contributed by atoms with Gasteiger partial charge in [0.25, 0.3) is 0 Å². The molecular weight excluding hydrogens is 292 g/mol. The fourth-order valence-corrected chi connectivity index (χ4v) is 3.33. The van der Waals surface area contributed by atoms with Crippen molar-refractivity contribution in [1.82, 2.24) is 10.2 Å². The number of aryl methyl sites for hydroxylation is 1. The molecule has 2 aliphatic rings. The first kappa shape index (κ1) is 16.0. The standard InChI is InChI=1S/C18H24N2O3/c1-13-4-6-15(7-5-13)16-3-2-9-20(16)18(22)17(21)19-11-14-8-10-23-12-14/h4-7,14,16H,2-3,8-12H2,1H3,(H,19,21). The van der Waals surface area contributed by atoms with Crippen LogP contribution >= 0.6 is 0 Å². The summed E-state index contributed by atoms with van der Waals surface area (Å²) < 4.78 is 5.29. The molecule has 2 unspecified atom stereocenters. The monoisotopic (exact) mass is 316 g/mol. The molecule has 1 N–H and O–H groups in total. The topological polar surface area (TPSA) is 58.6 Å². The Balaban J connectivity index is 1.60. The molecule has 5 heteroatoms. The Hall–Kier alpha value is -1.88. The highest BCUT2D eigenvalue weighted by atomic mass is 16.5. The molecule has 124 valence electrons. The number of nitrogens with one attached hydrogen (secondary N) is 1. The third kappa shape index (κ3) is 3.72. The second kappa shape index (κ2) is 7.13. The van der Waals surface area contributed by atoms with E-state index in [2.05, 4.69) is 29.6 Å². The van der Waals surface area contributed by atoms with Gasteiger partial charge in [-0.1, -0.05) is 29.8 Å². The Morgan fingerprint density at radius 1 is 1.26 bits per heavy atom. The van der Waals surface area contributed by atoms with Gasteiger partial charge in [0.1, 0.15) is 0 Å². The van der Waals surface area contributed by atoms with E-state index >= 15 is 0 Å². The molecule has 0 aromatic heterocycles. The summed E-state index contributed by atoms with van der Waals surface area (Å²) in [5.74, 6) is -0.568. The first-order valence-corrected chi connectivity index (χ1v) is 8.38. The van der Waals surface area contributed by atoms with Gasteiger partial charge >= 0.3 is 11.8 Å². The van der Waals surface area contributed by atoms with Crippen molar-refractivity contribution >= 4 is 11.8 Å². The summed E-state index contributed by atoms with van der Waals surface area (Å²) in [7, 11) is 0. The average Bonchev–Trinajstić information content (AvgIpc) is 3.24. The zero-order valence-corrected chi connectivity index (χ0v) is 13.6. The van der Waals surface area contributed by atoms with E-state index in [4.69, 9.17) is 4.74 Å². The summed E-state index contributed by atoms with van der Waals surface area (Å²) in [5.41, 5.74) is 2.31. The fourth-order valence-electron chi connectivity index (χ4n) is 3.33. The minimum atomic E-state index is -0.490. The Labute approximate surface area is 137 Å². The zero-order chi connectivity index (χ0) is 16.2. The molecule has 1 aromatic carbocycles. The maximum atomic E-state index is 12.5. The summed E-state index contributed by atoms with van der Waals surface area (Å²) in [5, 5.41) is 2.77. The van der Waals surface area contributed by atoms with Gasteiger partial charge in [0.2, 0.25) is 0 Å². The fraction of sp³-hybridized carbons (Fsp3) is 0.556. The van der Waals surface area contributed by atoms with Gasteiger partial charge in [0, 0.05) is 25.6 Å². The van der Waals surface area contributed by atoms with E-state index in [0.29, 0.717) is 25.6 Å². The minimum absolute atomic E-state index is 0.0173. The Kier molecular flexibility index (Phi) is 4.96. The van der Waals surface area contributed by atoms with Crippen LogP contribution in [0.5, 0.6) is 0 Å². The molecular formula is C18H24N2O3. The second-order valence-electron chi connectivity index (χ2n) is 6.51. The smallest absolute Gasteiger partial charge is 0.312 e. The summed E-state index contributed by atoms with van der Waals surface area (Å²) in [6, 6.07) is 8.23. The highest BCUT2D eigenvalue weighted by Gasteiger charge is 2.33. The number of likely N-dealkylation sites (tertiary alicyclic amines) is 1. The van der Waals surface area contributed by atoms with Gasteiger partial charge in [-0.05, 0) is 31.7 Å². The van der Waals surface area contributed by atoms with Crippen molar-refractivity contribution < 1.29 is 14.3 Å². The van der Waals surface area contributed by atoms with Gasteiger partial charge in [0.15, 0.2) is 0 Å². The summed E-state index contributed by atoms with van der Waals surface area (Å²) in [6.07, 6.45) is 2.80. The number of carbonyl (C=O) groups is 2. The van der Waals surface area contributed by atoms with Gasteiger partial charge in [-0.25, -0.2) is 0 Å². The highest BCUT2D eigenvalue weighted by molar-refractivity contribution is 6.35. The predicted octanol–water partition coefficient (Wildman–Crippen LogP) is 1.81. The number of amides is 2.